The molecule has 1 amide bonds. The summed E-state index contributed by atoms with van der Waals surface area (Å²) in [6.07, 6.45) is 1.04. The van der Waals surface area contributed by atoms with Gasteiger partial charge in [0.2, 0.25) is 5.91 Å². The molecule has 0 bridgehead atoms. The summed E-state index contributed by atoms with van der Waals surface area (Å²) in [6.45, 7) is 1.36. The quantitative estimate of drug-likeness (QED) is 0.655. The Labute approximate surface area is 77.8 Å². The van der Waals surface area contributed by atoms with Gasteiger partial charge in [-0.05, 0) is 11.7 Å². The summed E-state index contributed by atoms with van der Waals surface area (Å²) < 4.78 is 0. The van der Waals surface area contributed by atoms with Gasteiger partial charge in [0.05, 0.1) is 12.5 Å². The fraction of sp³-hybridized carbons (Fsp3) is 0.750. The van der Waals surface area contributed by atoms with Crippen LogP contribution >= 0.6 is 12.6 Å². The van der Waals surface area contributed by atoms with Gasteiger partial charge >= 0.3 is 0 Å². The monoisotopic (exact) mass is 184 g/mol. The molecular weight excluding hydrogens is 172 g/mol. The highest BCUT2D eigenvalue weighted by Crippen LogP contribution is 2.18. The third-order valence-corrected chi connectivity index (χ3v) is 2.56. The molecule has 0 saturated carbocycles. The predicted octanol–water partition coefficient (Wildman–Crippen LogP) is 0.678. The minimum atomic E-state index is 0.171. The summed E-state index contributed by atoms with van der Waals surface area (Å²) in [5, 5.41) is 8.33. The van der Waals surface area contributed by atoms with Crippen LogP contribution in [0.3, 0.4) is 0 Å². The van der Waals surface area contributed by atoms with E-state index in [4.69, 9.17) is 5.26 Å². The second kappa shape index (κ2) is 4.36. The van der Waals surface area contributed by atoms with Crippen molar-refractivity contribution in [3.05, 3.63) is 0 Å². The Morgan fingerprint density at radius 3 is 3.00 bits per heavy atom. The van der Waals surface area contributed by atoms with Crippen molar-refractivity contribution >= 4 is 18.5 Å². The average molecular weight is 184 g/mol. The van der Waals surface area contributed by atoms with Crippen molar-refractivity contribution in [2.45, 2.75) is 12.8 Å². The number of carbonyl (C=O) groups excluding carboxylic acids is 1. The minimum Gasteiger partial charge on any atom is -0.341 e. The van der Waals surface area contributed by atoms with E-state index in [0.29, 0.717) is 25.3 Å². The molecule has 66 valence electrons. The Kier molecular flexibility index (Phi) is 3.42. The van der Waals surface area contributed by atoms with Crippen molar-refractivity contribution in [3.8, 4) is 6.07 Å². The highest BCUT2D eigenvalue weighted by Gasteiger charge is 2.27. The lowest BCUT2D eigenvalue weighted by atomic mass is 10.1. The van der Waals surface area contributed by atoms with Crippen LogP contribution in [0.5, 0.6) is 0 Å². The Morgan fingerprint density at radius 2 is 2.50 bits per heavy atom. The van der Waals surface area contributed by atoms with Gasteiger partial charge in [-0.25, -0.2) is 0 Å². The zero-order valence-corrected chi connectivity index (χ0v) is 7.76. The molecule has 0 aliphatic carbocycles. The second-order valence-corrected chi connectivity index (χ2v) is 3.37. The lowest BCUT2D eigenvalue weighted by Gasteiger charge is -2.13. The topological polar surface area (TPSA) is 44.1 Å². The Balaban J connectivity index is 2.37. The molecule has 1 heterocycles. The molecule has 12 heavy (non-hydrogen) atoms. The van der Waals surface area contributed by atoms with Gasteiger partial charge < -0.3 is 4.90 Å². The lowest BCUT2D eigenvalue weighted by Crippen LogP contribution is -2.26. The molecule has 1 rings (SSSR count). The van der Waals surface area contributed by atoms with Gasteiger partial charge in [0.1, 0.15) is 0 Å². The first-order valence-electron chi connectivity index (χ1n) is 4.03. The number of thiol groups is 1. The van der Waals surface area contributed by atoms with Crippen molar-refractivity contribution in [1.29, 1.82) is 5.26 Å². The molecular formula is C8H12N2OS. The zero-order chi connectivity index (χ0) is 8.97. The highest BCUT2D eigenvalue weighted by molar-refractivity contribution is 7.80. The third-order valence-electron chi connectivity index (χ3n) is 2.05. The first-order chi connectivity index (χ1) is 5.77. The summed E-state index contributed by atoms with van der Waals surface area (Å²) in [6, 6.07) is 2.04. The van der Waals surface area contributed by atoms with E-state index < -0.39 is 0 Å². The zero-order valence-electron chi connectivity index (χ0n) is 6.86. The fourth-order valence-corrected chi connectivity index (χ4v) is 1.62. The van der Waals surface area contributed by atoms with E-state index in [1.165, 1.54) is 0 Å². The molecule has 1 atom stereocenters. The van der Waals surface area contributed by atoms with E-state index in [-0.39, 0.29) is 5.91 Å². The van der Waals surface area contributed by atoms with Crippen molar-refractivity contribution in [3.63, 3.8) is 0 Å². The normalized spacial score (nSPS) is 22.8. The summed E-state index contributed by atoms with van der Waals surface area (Å²) in [4.78, 5) is 13.0. The van der Waals surface area contributed by atoms with Gasteiger partial charge in [0.25, 0.3) is 0 Å². The molecule has 4 heteroatoms. The summed E-state index contributed by atoms with van der Waals surface area (Å²) in [7, 11) is 0. The van der Waals surface area contributed by atoms with E-state index >= 15 is 0 Å². The Bertz CT molecular complexity index is 212. The molecule has 0 aromatic heterocycles. The summed E-state index contributed by atoms with van der Waals surface area (Å²) in [5.74, 6) is 1.32. The summed E-state index contributed by atoms with van der Waals surface area (Å²) >= 11 is 4.14. The molecule has 0 radical (unpaired) electrons. The van der Waals surface area contributed by atoms with Crippen molar-refractivity contribution < 1.29 is 4.79 Å². The molecule has 1 unspecified atom stereocenters. The summed E-state index contributed by atoms with van der Waals surface area (Å²) in [5.41, 5.74) is 0. The highest BCUT2D eigenvalue weighted by atomic mass is 32.1. The number of nitriles is 1. The first-order valence-corrected chi connectivity index (χ1v) is 4.66. The van der Waals surface area contributed by atoms with Gasteiger partial charge in [0.15, 0.2) is 0 Å². The molecule has 0 spiro atoms. The van der Waals surface area contributed by atoms with Crippen molar-refractivity contribution in [1.82, 2.24) is 4.90 Å². The van der Waals surface area contributed by atoms with E-state index in [2.05, 4.69) is 12.6 Å². The van der Waals surface area contributed by atoms with E-state index in [9.17, 15) is 4.79 Å². The number of amides is 1. The molecule has 0 aromatic rings. The van der Waals surface area contributed by atoms with Gasteiger partial charge in [-0.2, -0.15) is 17.9 Å². The molecule has 3 nitrogen and oxygen atoms in total. The van der Waals surface area contributed by atoms with Crippen LogP contribution in [0, 0.1) is 17.2 Å². The van der Waals surface area contributed by atoms with E-state index in [1.807, 2.05) is 6.07 Å². The molecule has 1 aliphatic rings. The van der Waals surface area contributed by atoms with Gasteiger partial charge in [-0.1, -0.05) is 0 Å². The van der Waals surface area contributed by atoms with Crippen LogP contribution in [-0.2, 0) is 4.79 Å². The van der Waals surface area contributed by atoms with Crippen molar-refractivity contribution in [2.75, 3.05) is 18.8 Å². The second-order valence-electron chi connectivity index (χ2n) is 3.00. The van der Waals surface area contributed by atoms with Crippen LogP contribution in [0.4, 0.5) is 0 Å². The largest absolute Gasteiger partial charge is 0.341 e. The molecule has 1 aliphatic heterocycles. The van der Waals surface area contributed by atoms with Crippen LogP contribution in [-0.4, -0.2) is 29.6 Å². The Hall–Kier alpha value is -0.690. The fourth-order valence-electron chi connectivity index (χ4n) is 1.38. The SMILES string of the molecule is N#CCCN1CC(CS)CC1=O. The molecule has 1 saturated heterocycles. The van der Waals surface area contributed by atoms with Crippen LogP contribution in [0.2, 0.25) is 0 Å². The average Bonchev–Trinajstić information content (AvgIpc) is 2.43. The van der Waals surface area contributed by atoms with Crippen LogP contribution in [0.1, 0.15) is 12.8 Å². The number of hydrogen-bond acceptors (Lipinski definition) is 3. The van der Waals surface area contributed by atoms with E-state index in [0.717, 1.165) is 12.3 Å². The molecule has 0 N–H and O–H groups in total. The maximum Gasteiger partial charge on any atom is 0.222 e. The number of likely N-dealkylation sites (tertiary alicyclic amines) is 1. The maximum absolute atomic E-state index is 11.2. The van der Waals surface area contributed by atoms with Gasteiger partial charge in [-0.3, -0.25) is 4.79 Å². The van der Waals surface area contributed by atoms with E-state index in [1.54, 1.807) is 4.90 Å². The standard InChI is InChI=1S/C8H12N2OS/c9-2-1-3-10-5-7(6-12)4-8(10)11/h7,12H,1,3-6H2. The van der Waals surface area contributed by atoms with Gasteiger partial charge in [0, 0.05) is 19.5 Å². The number of carbonyl (C=O) groups is 1. The number of rotatable bonds is 3. The van der Waals surface area contributed by atoms with Crippen LogP contribution in [0.25, 0.3) is 0 Å². The first kappa shape index (κ1) is 9.40. The van der Waals surface area contributed by atoms with Crippen LogP contribution < -0.4 is 0 Å². The van der Waals surface area contributed by atoms with Crippen molar-refractivity contribution in [2.24, 2.45) is 5.92 Å². The number of hydrogen-bond donors (Lipinski definition) is 1. The smallest absolute Gasteiger partial charge is 0.222 e. The maximum atomic E-state index is 11.2. The van der Waals surface area contributed by atoms with Crippen LogP contribution in [0.15, 0.2) is 0 Å². The third kappa shape index (κ3) is 2.15. The molecule has 1 fully saturated rings. The predicted molar refractivity (Wildman–Crippen MR) is 48.8 cm³/mol. The minimum absolute atomic E-state index is 0.171. The molecule has 0 aromatic carbocycles. The van der Waals surface area contributed by atoms with Gasteiger partial charge in [-0.15, -0.1) is 0 Å². The number of nitrogens with zero attached hydrogens (tertiary/aromatic N) is 2. The Morgan fingerprint density at radius 1 is 1.75 bits per heavy atom. The lowest BCUT2D eigenvalue weighted by molar-refractivity contribution is -0.127.